The molecule has 0 fully saturated rings. The van der Waals surface area contributed by atoms with Crippen LogP contribution in [-0.2, 0) is 6.42 Å². The molecule has 1 aromatic heterocycles. The first-order chi connectivity index (χ1) is 5.20. The van der Waals surface area contributed by atoms with Crippen LogP contribution in [0.5, 0.6) is 0 Å². The van der Waals surface area contributed by atoms with Crippen LogP contribution in [0.25, 0.3) is 0 Å². The lowest BCUT2D eigenvalue weighted by Gasteiger charge is -2.11. The maximum Gasteiger partial charge on any atom is 0.0336 e. The SMILES string of the molecule is CC(Cl)C(C)Cc1cccs1. The highest BCUT2D eigenvalue weighted by molar-refractivity contribution is 7.09. The zero-order valence-corrected chi connectivity index (χ0v) is 8.45. The van der Waals surface area contributed by atoms with Crippen molar-refractivity contribution in [3.63, 3.8) is 0 Å². The summed E-state index contributed by atoms with van der Waals surface area (Å²) < 4.78 is 0. The Morgan fingerprint density at radius 3 is 2.73 bits per heavy atom. The predicted molar refractivity (Wildman–Crippen MR) is 52.5 cm³/mol. The first-order valence-electron chi connectivity index (χ1n) is 3.86. The van der Waals surface area contributed by atoms with Crippen LogP contribution in [0.1, 0.15) is 18.7 Å². The molecule has 0 aliphatic carbocycles. The van der Waals surface area contributed by atoms with Gasteiger partial charge in [-0.25, -0.2) is 0 Å². The van der Waals surface area contributed by atoms with Gasteiger partial charge in [-0.15, -0.1) is 22.9 Å². The Labute approximate surface area is 77.2 Å². The minimum absolute atomic E-state index is 0.275. The van der Waals surface area contributed by atoms with Crippen molar-refractivity contribution < 1.29 is 0 Å². The number of hydrogen-bond donors (Lipinski definition) is 0. The second-order valence-corrected chi connectivity index (χ2v) is 4.66. The zero-order valence-electron chi connectivity index (χ0n) is 6.88. The van der Waals surface area contributed by atoms with E-state index in [9.17, 15) is 0 Å². The molecule has 1 heterocycles. The smallest absolute Gasteiger partial charge is 0.0336 e. The molecule has 11 heavy (non-hydrogen) atoms. The highest BCUT2D eigenvalue weighted by atomic mass is 35.5. The molecule has 0 aliphatic heterocycles. The van der Waals surface area contributed by atoms with Crippen molar-refractivity contribution in [1.29, 1.82) is 0 Å². The van der Waals surface area contributed by atoms with Crippen molar-refractivity contribution in [3.05, 3.63) is 22.4 Å². The lowest BCUT2D eigenvalue weighted by molar-refractivity contribution is 0.573. The van der Waals surface area contributed by atoms with Crippen LogP contribution in [-0.4, -0.2) is 5.38 Å². The summed E-state index contributed by atoms with van der Waals surface area (Å²) in [6, 6.07) is 4.26. The second kappa shape index (κ2) is 4.13. The van der Waals surface area contributed by atoms with Crippen LogP contribution < -0.4 is 0 Å². The summed E-state index contributed by atoms with van der Waals surface area (Å²) >= 11 is 7.76. The van der Waals surface area contributed by atoms with Gasteiger partial charge in [-0.3, -0.25) is 0 Å². The predicted octanol–water partition coefficient (Wildman–Crippen LogP) is 3.55. The standard InChI is InChI=1S/C9H13ClS/c1-7(8(2)10)6-9-4-3-5-11-9/h3-5,7-8H,6H2,1-2H3. The first-order valence-corrected chi connectivity index (χ1v) is 5.18. The molecule has 0 saturated carbocycles. The summed E-state index contributed by atoms with van der Waals surface area (Å²) in [6.07, 6.45) is 1.11. The number of halogens is 1. The van der Waals surface area contributed by atoms with Gasteiger partial charge in [-0.1, -0.05) is 13.0 Å². The van der Waals surface area contributed by atoms with E-state index in [-0.39, 0.29) is 5.38 Å². The molecule has 0 amide bonds. The lowest BCUT2D eigenvalue weighted by Crippen LogP contribution is -2.08. The van der Waals surface area contributed by atoms with Gasteiger partial charge >= 0.3 is 0 Å². The monoisotopic (exact) mass is 188 g/mol. The fourth-order valence-corrected chi connectivity index (χ4v) is 1.85. The molecule has 0 aliphatic rings. The molecular formula is C9H13ClS. The van der Waals surface area contributed by atoms with Crippen LogP contribution in [0.15, 0.2) is 17.5 Å². The third-order valence-electron chi connectivity index (χ3n) is 1.89. The van der Waals surface area contributed by atoms with Crippen molar-refractivity contribution in [1.82, 2.24) is 0 Å². The summed E-state index contributed by atoms with van der Waals surface area (Å²) in [5.74, 6) is 0.579. The number of hydrogen-bond acceptors (Lipinski definition) is 1. The fourth-order valence-electron chi connectivity index (χ4n) is 0.908. The summed E-state index contributed by atoms with van der Waals surface area (Å²) in [6.45, 7) is 4.25. The highest BCUT2D eigenvalue weighted by Crippen LogP contribution is 2.18. The summed E-state index contributed by atoms with van der Waals surface area (Å²) in [7, 11) is 0. The molecule has 0 saturated heterocycles. The van der Waals surface area contributed by atoms with Crippen LogP contribution in [0.4, 0.5) is 0 Å². The van der Waals surface area contributed by atoms with E-state index in [1.165, 1.54) is 4.88 Å². The Morgan fingerprint density at radius 1 is 1.55 bits per heavy atom. The molecule has 2 atom stereocenters. The maximum atomic E-state index is 5.95. The van der Waals surface area contributed by atoms with E-state index in [4.69, 9.17) is 11.6 Å². The van der Waals surface area contributed by atoms with E-state index < -0.39 is 0 Å². The van der Waals surface area contributed by atoms with Gasteiger partial charge in [0.15, 0.2) is 0 Å². The second-order valence-electron chi connectivity index (χ2n) is 2.94. The molecule has 1 rings (SSSR count). The average Bonchev–Trinajstić information content (AvgIpc) is 2.39. The van der Waals surface area contributed by atoms with Crippen molar-refractivity contribution >= 4 is 22.9 Å². The van der Waals surface area contributed by atoms with Crippen molar-refractivity contribution in [2.24, 2.45) is 5.92 Å². The van der Waals surface area contributed by atoms with E-state index in [0.717, 1.165) is 6.42 Å². The number of thiophene rings is 1. The average molecular weight is 189 g/mol. The Balaban J connectivity index is 2.43. The summed E-state index contributed by atoms with van der Waals surface area (Å²) in [5.41, 5.74) is 0. The molecule has 0 aromatic carbocycles. The molecule has 1 aromatic rings. The van der Waals surface area contributed by atoms with Gasteiger partial charge in [0, 0.05) is 10.3 Å². The molecule has 0 N–H and O–H groups in total. The van der Waals surface area contributed by atoms with Gasteiger partial charge in [0.1, 0.15) is 0 Å². The van der Waals surface area contributed by atoms with E-state index >= 15 is 0 Å². The molecule has 0 nitrogen and oxygen atoms in total. The van der Waals surface area contributed by atoms with E-state index in [2.05, 4.69) is 31.4 Å². The fraction of sp³-hybridized carbons (Fsp3) is 0.556. The topological polar surface area (TPSA) is 0 Å². The van der Waals surface area contributed by atoms with Crippen LogP contribution in [0.3, 0.4) is 0 Å². The van der Waals surface area contributed by atoms with Crippen molar-refractivity contribution in [2.45, 2.75) is 25.6 Å². The largest absolute Gasteiger partial charge is 0.149 e. The number of rotatable bonds is 3. The van der Waals surface area contributed by atoms with Gasteiger partial charge in [0.25, 0.3) is 0 Å². The third-order valence-corrected chi connectivity index (χ3v) is 3.22. The minimum Gasteiger partial charge on any atom is -0.149 e. The molecule has 62 valence electrons. The molecule has 0 spiro atoms. The van der Waals surface area contributed by atoms with Crippen molar-refractivity contribution in [2.75, 3.05) is 0 Å². The Morgan fingerprint density at radius 2 is 2.27 bits per heavy atom. The highest BCUT2D eigenvalue weighted by Gasteiger charge is 2.09. The normalized spacial score (nSPS) is 16.3. The third kappa shape index (κ3) is 2.84. The quantitative estimate of drug-likeness (QED) is 0.637. The van der Waals surface area contributed by atoms with Crippen LogP contribution >= 0.6 is 22.9 Å². The zero-order chi connectivity index (χ0) is 8.27. The Bertz CT molecular complexity index is 191. The van der Waals surface area contributed by atoms with Gasteiger partial charge in [-0.05, 0) is 30.7 Å². The first kappa shape index (κ1) is 9.08. The van der Waals surface area contributed by atoms with Crippen LogP contribution in [0.2, 0.25) is 0 Å². The molecule has 0 bridgehead atoms. The summed E-state index contributed by atoms with van der Waals surface area (Å²) in [5, 5.41) is 2.39. The van der Waals surface area contributed by atoms with Gasteiger partial charge in [-0.2, -0.15) is 0 Å². The number of alkyl halides is 1. The summed E-state index contributed by atoms with van der Waals surface area (Å²) in [4.78, 5) is 1.44. The molecular weight excluding hydrogens is 176 g/mol. The molecule has 0 radical (unpaired) electrons. The van der Waals surface area contributed by atoms with Crippen LogP contribution in [0, 0.1) is 5.92 Å². The van der Waals surface area contributed by atoms with Gasteiger partial charge in [0.2, 0.25) is 0 Å². The molecule has 2 heteroatoms. The lowest BCUT2D eigenvalue weighted by atomic mass is 10.0. The van der Waals surface area contributed by atoms with E-state index in [1.54, 1.807) is 0 Å². The Hall–Kier alpha value is -0.0100. The molecule has 2 unspecified atom stereocenters. The minimum atomic E-state index is 0.275. The van der Waals surface area contributed by atoms with Gasteiger partial charge < -0.3 is 0 Å². The van der Waals surface area contributed by atoms with Gasteiger partial charge in [0.05, 0.1) is 0 Å². The Kier molecular flexibility index (Phi) is 3.41. The van der Waals surface area contributed by atoms with E-state index in [0.29, 0.717) is 5.92 Å². The van der Waals surface area contributed by atoms with E-state index in [1.807, 2.05) is 11.3 Å². The maximum absolute atomic E-state index is 5.95. The van der Waals surface area contributed by atoms with Crippen molar-refractivity contribution in [3.8, 4) is 0 Å².